The molecule has 1 fully saturated rings. The van der Waals surface area contributed by atoms with Crippen LogP contribution in [0.4, 0.5) is 0 Å². The summed E-state index contributed by atoms with van der Waals surface area (Å²) >= 11 is 6.62. The number of benzene rings is 3. The van der Waals surface area contributed by atoms with Crippen LogP contribution in [0.5, 0.6) is 0 Å². The largest absolute Gasteiger partial charge is 0.292 e. The molecule has 0 saturated carbocycles. The van der Waals surface area contributed by atoms with E-state index >= 15 is 0 Å². The average Bonchev–Trinajstić information content (AvgIpc) is 2.77. The van der Waals surface area contributed by atoms with Crippen molar-refractivity contribution in [1.82, 2.24) is 4.90 Å². The highest BCUT2D eigenvalue weighted by Gasteiger charge is 2.28. The Morgan fingerprint density at radius 2 is 1.55 bits per heavy atom. The van der Waals surface area contributed by atoms with E-state index in [1.165, 1.54) is 22.3 Å². The average molecular weight is 403 g/mol. The van der Waals surface area contributed by atoms with Gasteiger partial charge in [-0.25, -0.2) is 0 Å². The Morgan fingerprint density at radius 3 is 2.24 bits per heavy atom. The summed E-state index contributed by atoms with van der Waals surface area (Å²) in [6.45, 7) is 4.16. The molecule has 29 heavy (non-hydrogen) atoms. The molecule has 4 rings (SSSR count). The smallest absolute Gasteiger partial charge is 0.0616 e. The summed E-state index contributed by atoms with van der Waals surface area (Å²) in [5.41, 5.74) is 4.93. The number of nitrogens with zero attached hydrogens (tertiary/aromatic N) is 2. The van der Waals surface area contributed by atoms with Gasteiger partial charge in [0.1, 0.15) is 0 Å². The molecule has 3 aromatic carbocycles. The quantitative estimate of drug-likeness (QED) is 0.456. The van der Waals surface area contributed by atoms with E-state index in [-0.39, 0.29) is 6.04 Å². The standard InChI is InChI=1S/C26H27ClN2/c1-20-11-13-22(14-12-20)26(24-9-5-6-10-25(24)27)29-17-15-23(16-18-29)28-19-21-7-3-2-4-8-21/h2-14,19,23,26H,15-18H2,1H3. The molecule has 2 nitrogen and oxygen atoms in total. The van der Waals surface area contributed by atoms with Crippen LogP contribution in [0.2, 0.25) is 5.02 Å². The summed E-state index contributed by atoms with van der Waals surface area (Å²) in [5, 5.41) is 0.835. The van der Waals surface area contributed by atoms with Crippen LogP contribution in [0.25, 0.3) is 0 Å². The van der Waals surface area contributed by atoms with Crippen molar-refractivity contribution in [2.45, 2.75) is 31.8 Å². The third-order valence-corrected chi connectivity index (χ3v) is 6.04. The van der Waals surface area contributed by atoms with Gasteiger partial charge in [-0.2, -0.15) is 0 Å². The van der Waals surface area contributed by atoms with Gasteiger partial charge in [0.05, 0.1) is 12.1 Å². The Kier molecular flexibility index (Phi) is 6.43. The Hall–Kier alpha value is -2.42. The molecule has 1 unspecified atom stereocenters. The molecule has 1 aliphatic rings. The summed E-state index contributed by atoms with van der Waals surface area (Å²) in [5.74, 6) is 0. The fourth-order valence-electron chi connectivity index (χ4n) is 4.06. The highest BCUT2D eigenvalue weighted by Crippen LogP contribution is 2.35. The summed E-state index contributed by atoms with van der Waals surface area (Å²) in [4.78, 5) is 7.40. The third-order valence-electron chi connectivity index (χ3n) is 5.69. The van der Waals surface area contributed by atoms with Crippen LogP contribution in [0.3, 0.4) is 0 Å². The number of piperidine rings is 1. The third kappa shape index (κ3) is 4.95. The summed E-state index contributed by atoms with van der Waals surface area (Å²) in [6, 6.07) is 28.0. The molecule has 1 saturated heterocycles. The van der Waals surface area contributed by atoms with E-state index in [1.807, 2.05) is 24.4 Å². The zero-order valence-corrected chi connectivity index (χ0v) is 17.6. The topological polar surface area (TPSA) is 15.6 Å². The second kappa shape index (κ2) is 9.39. The highest BCUT2D eigenvalue weighted by atomic mass is 35.5. The van der Waals surface area contributed by atoms with E-state index in [0.717, 1.165) is 31.0 Å². The Balaban J connectivity index is 1.51. The lowest BCUT2D eigenvalue weighted by atomic mass is 9.93. The van der Waals surface area contributed by atoms with Crippen molar-refractivity contribution < 1.29 is 0 Å². The van der Waals surface area contributed by atoms with Gasteiger partial charge in [-0.1, -0.05) is 90.0 Å². The molecule has 0 aliphatic carbocycles. The normalized spacial score (nSPS) is 16.9. The Bertz CT molecular complexity index is 942. The summed E-state index contributed by atoms with van der Waals surface area (Å²) in [7, 11) is 0. The number of halogens is 1. The van der Waals surface area contributed by atoms with Gasteiger partial charge in [0.25, 0.3) is 0 Å². The van der Waals surface area contributed by atoms with Gasteiger partial charge in [-0.05, 0) is 42.5 Å². The van der Waals surface area contributed by atoms with Gasteiger partial charge in [-0.3, -0.25) is 9.89 Å². The number of hydrogen-bond acceptors (Lipinski definition) is 2. The van der Waals surface area contributed by atoms with Crippen molar-refractivity contribution in [1.29, 1.82) is 0 Å². The van der Waals surface area contributed by atoms with Gasteiger partial charge in [0.2, 0.25) is 0 Å². The van der Waals surface area contributed by atoms with Gasteiger partial charge >= 0.3 is 0 Å². The number of hydrogen-bond donors (Lipinski definition) is 0. The molecule has 0 spiro atoms. The van der Waals surface area contributed by atoms with Crippen molar-refractivity contribution in [2.75, 3.05) is 13.1 Å². The molecule has 0 amide bonds. The van der Waals surface area contributed by atoms with Gasteiger partial charge in [0.15, 0.2) is 0 Å². The minimum Gasteiger partial charge on any atom is -0.292 e. The summed E-state index contributed by atoms with van der Waals surface area (Å²) in [6.07, 6.45) is 4.15. The fraction of sp³-hybridized carbons (Fsp3) is 0.269. The predicted octanol–water partition coefficient (Wildman–Crippen LogP) is 6.32. The number of rotatable bonds is 5. The van der Waals surface area contributed by atoms with Crippen molar-refractivity contribution in [3.8, 4) is 0 Å². The van der Waals surface area contributed by atoms with Crippen LogP contribution in [-0.2, 0) is 0 Å². The van der Waals surface area contributed by atoms with Crippen LogP contribution < -0.4 is 0 Å². The van der Waals surface area contributed by atoms with Crippen LogP contribution in [0.1, 0.15) is 41.1 Å². The SMILES string of the molecule is Cc1ccc(C(c2ccccc2Cl)N2CCC(N=Cc3ccccc3)CC2)cc1. The van der Waals surface area contributed by atoms with E-state index in [1.54, 1.807) is 0 Å². The molecule has 3 heteroatoms. The summed E-state index contributed by atoms with van der Waals surface area (Å²) < 4.78 is 0. The second-order valence-corrected chi connectivity index (χ2v) is 8.20. The Morgan fingerprint density at radius 1 is 0.897 bits per heavy atom. The van der Waals surface area contributed by atoms with Crippen LogP contribution in [-0.4, -0.2) is 30.2 Å². The van der Waals surface area contributed by atoms with Crippen molar-refractivity contribution in [3.05, 3.63) is 106 Å². The Labute approximate surface area is 178 Å². The fourth-order valence-corrected chi connectivity index (χ4v) is 4.30. The first-order valence-electron chi connectivity index (χ1n) is 10.3. The molecule has 0 aromatic heterocycles. The molecule has 0 radical (unpaired) electrons. The maximum absolute atomic E-state index is 6.62. The molecule has 0 N–H and O–H groups in total. The second-order valence-electron chi connectivity index (χ2n) is 7.79. The van der Waals surface area contributed by atoms with Gasteiger partial charge < -0.3 is 0 Å². The lowest BCUT2D eigenvalue weighted by Gasteiger charge is -2.37. The highest BCUT2D eigenvalue weighted by molar-refractivity contribution is 6.31. The van der Waals surface area contributed by atoms with E-state index in [0.29, 0.717) is 6.04 Å². The zero-order valence-electron chi connectivity index (χ0n) is 16.8. The molecule has 3 aromatic rings. The lowest BCUT2D eigenvalue weighted by Crippen LogP contribution is -2.38. The minimum atomic E-state index is 0.184. The molecular formula is C26H27ClN2. The van der Waals surface area contributed by atoms with Crippen molar-refractivity contribution in [2.24, 2.45) is 4.99 Å². The molecule has 1 atom stereocenters. The van der Waals surface area contributed by atoms with E-state index in [2.05, 4.69) is 72.5 Å². The van der Waals surface area contributed by atoms with Crippen molar-refractivity contribution >= 4 is 17.8 Å². The molecule has 148 valence electrons. The molecular weight excluding hydrogens is 376 g/mol. The van der Waals surface area contributed by atoms with E-state index < -0.39 is 0 Å². The van der Waals surface area contributed by atoms with Gasteiger partial charge in [-0.15, -0.1) is 0 Å². The van der Waals surface area contributed by atoms with Gasteiger partial charge in [0, 0.05) is 24.3 Å². The first-order chi connectivity index (χ1) is 14.2. The number of likely N-dealkylation sites (tertiary alicyclic amines) is 1. The monoisotopic (exact) mass is 402 g/mol. The first kappa shape index (κ1) is 19.9. The van der Waals surface area contributed by atoms with Crippen LogP contribution in [0, 0.1) is 6.92 Å². The van der Waals surface area contributed by atoms with E-state index in [9.17, 15) is 0 Å². The van der Waals surface area contributed by atoms with E-state index in [4.69, 9.17) is 16.6 Å². The number of aliphatic imine (C=N–C) groups is 1. The predicted molar refractivity (Wildman–Crippen MR) is 123 cm³/mol. The van der Waals surface area contributed by atoms with Crippen LogP contribution in [0.15, 0.2) is 83.9 Å². The molecule has 1 aliphatic heterocycles. The molecule has 0 bridgehead atoms. The minimum absolute atomic E-state index is 0.184. The van der Waals surface area contributed by atoms with Crippen molar-refractivity contribution in [3.63, 3.8) is 0 Å². The maximum Gasteiger partial charge on any atom is 0.0616 e. The number of aryl methyl sites for hydroxylation is 1. The lowest BCUT2D eigenvalue weighted by molar-refractivity contribution is 0.175. The molecule has 1 heterocycles. The van der Waals surface area contributed by atoms with Crippen LogP contribution >= 0.6 is 11.6 Å². The zero-order chi connectivity index (χ0) is 20.1. The maximum atomic E-state index is 6.62. The first-order valence-corrected chi connectivity index (χ1v) is 10.7.